The van der Waals surface area contributed by atoms with Crippen molar-refractivity contribution >= 4 is 27.9 Å². The van der Waals surface area contributed by atoms with Crippen molar-refractivity contribution in [2.45, 2.75) is 17.7 Å². The second-order valence-corrected chi connectivity index (χ2v) is 2.84. The summed E-state index contributed by atoms with van der Waals surface area (Å²) in [6.45, 7) is 0. The molecule has 10 heavy (non-hydrogen) atoms. The maximum atomic E-state index is 10.1. The molecular formula is C5H7BrO4. The van der Waals surface area contributed by atoms with Gasteiger partial charge in [-0.05, 0) is 6.42 Å². The van der Waals surface area contributed by atoms with Crippen LogP contribution in [-0.2, 0) is 9.59 Å². The van der Waals surface area contributed by atoms with E-state index in [0.717, 1.165) is 0 Å². The van der Waals surface area contributed by atoms with Gasteiger partial charge in [0.05, 0.1) is 0 Å². The molecule has 0 aliphatic carbocycles. The largest absolute Gasteiger partial charge is 0.481 e. The summed E-state index contributed by atoms with van der Waals surface area (Å²) in [5.41, 5.74) is 0. The Morgan fingerprint density at radius 1 is 1.40 bits per heavy atom. The second-order valence-electron chi connectivity index (χ2n) is 1.74. The Kier molecular flexibility index (Phi) is 4.02. The molecule has 0 radical (unpaired) electrons. The number of hydrogen-bond donors (Lipinski definition) is 2. The first-order valence-corrected chi connectivity index (χ1v) is 3.54. The summed E-state index contributed by atoms with van der Waals surface area (Å²) in [5.74, 6) is -2.01. The van der Waals surface area contributed by atoms with E-state index in [4.69, 9.17) is 10.2 Å². The van der Waals surface area contributed by atoms with Crippen LogP contribution >= 0.6 is 15.9 Å². The highest BCUT2D eigenvalue weighted by molar-refractivity contribution is 9.10. The molecule has 0 unspecified atom stereocenters. The van der Waals surface area contributed by atoms with Crippen LogP contribution in [0.15, 0.2) is 0 Å². The highest BCUT2D eigenvalue weighted by Crippen LogP contribution is 2.07. The van der Waals surface area contributed by atoms with Gasteiger partial charge in [-0.1, -0.05) is 15.9 Å². The summed E-state index contributed by atoms with van der Waals surface area (Å²) < 4.78 is 0. The van der Waals surface area contributed by atoms with Crippen LogP contribution in [0.25, 0.3) is 0 Å². The van der Waals surface area contributed by atoms with Crippen molar-refractivity contribution in [1.82, 2.24) is 0 Å². The Hall–Kier alpha value is -0.580. The molecule has 0 aliphatic heterocycles. The van der Waals surface area contributed by atoms with Crippen LogP contribution < -0.4 is 0 Å². The molecule has 4 nitrogen and oxygen atoms in total. The van der Waals surface area contributed by atoms with Crippen LogP contribution in [0.3, 0.4) is 0 Å². The maximum Gasteiger partial charge on any atom is 0.317 e. The molecule has 0 heterocycles. The van der Waals surface area contributed by atoms with E-state index in [1.807, 2.05) is 0 Å². The van der Waals surface area contributed by atoms with Gasteiger partial charge in [-0.3, -0.25) is 9.59 Å². The SMILES string of the molecule is O=C(O)CC[C@@H](Br)C(=O)O. The van der Waals surface area contributed by atoms with Crippen LogP contribution in [0.4, 0.5) is 0 Å². The minimum Gasteiger partial charge on any atom is -0.481 e. The van der Waals surface area contributed by atoms with Gasteiger partial charge in [0, 0.05) is 6.42 Å². The Balaban J connectivity index is 3.49. The summed E-state index contributed by atoms with van der Waals surface area (Å²) in [6.07, 6.45) is -0.00706. The van der Waals surface area contributed by atoms with Gasteiger partial charge in [-0.2, -0.15) is 0 Å². The number of aliphatic carboxylic acids is 2. The molecule has 0 aromatic carbocycles. The molecule has 0 aromatic heterocycles. The Morgan fingerprint density at radius 3 is 2.20 bits per heavy atom. The lowest BCUT2D eigenvalue weighted by molar-refractivity contribution is -0.138. The zero-order valence-electron chi connectivity index (χ0n) is 5.08. The second kappa shape index (κ2) is 4.27. The van der Waals surface area contributed by atoms with E-state index in [9.17, 15) is 9.59 Å². The standard InChI is InChI=1S/C5H7BrO4/c6-3(5(9)10)1-2-4(7)8/h3H,1-2H2,(H,7,8)(H,9,10)/t3-/m1/s1. The molecule has 0 saturated heterocycles. The molecule has 0 spiro atoms. The van der Waals surface area contributed by atoms with Gasteiger partial charge in [0.15, 0.2) is 0 Å². The Labute approximate surface area is 66.0 Å². The van der Waals surface area contributed by atoms with Gasteiger partial charge in [-0.15, -0.1) is 0 Å². The van der Waals surface area contributed by atoms with Gasteiger partial charge < -0.3 is 10.2 Å². The summed E-state index contributed by atoms with van der Waals surface area (Å²) in [4.78, 5) is 19.2. The summed E-state index contributed by atoms with van der Waals surface area (Å²) in [6, 6.07) is 0. The molecule has 0 bridgehead atoms. The third-order valence-electron chi connectivity index (χ3n) is 0.880. The topological polar surface area (TPSA) is 74.6 Å². The summed E-state index contributed by atoms with van der Waals surface area (Å²) in [5, 5.41) is 16.4. The van der Waals surface area contributed by atoms with E-state index in [1.165, 1.54) is 0 Å². The third-order valence-corrected chi connectivity index (χ3v) is 1.73. The number of carboxylic acids is 2. The predicted molar refractivity (Wildman–Crippen MR) is 37.2 cm³/mol. The molecule has 58 valence electrons. The first-order chi connectivity index (χ1) is 4.54. The molecule has 0 saturated carbocycles. The monoisotopic (exact) mass is 210 g/mol. The van der Waals surface area contributed by atoms with E-state index in [1.54, 1.807) is 0 Å². The molecule has 0 rings (SSSR count). The number of alkyl halides is 1. The van der Waals surface area contributed by atoms with Crippen LogP contribution in [0, 0.1) is 0 Å². The average Bonchev–Trinajstić information content (AvgIpc) is 1.82. The molecule has 5 heteroatoms. The fourth-order valence-corrected chi connectivity index (χ4v) is 0.603. The fourth-order valence-electron chi connectivity index (χ4n) is 0.374. The maximum absolute atomic E-state index is 10.1. The van der Waals surface area contributed by atoms with Crippen LogP contribution in [0.5, 0.6) is 0 Å². The first kappa shape index (κ1) is 9.42. The Morgan fingerprint density at radius 2 is 1.90 bits per heavy atom. The zero-order valence-corrected chi connectivity index (χ0v) is 6.67. The highest BCUT2D eigenvalue weighted by Gasteiger charge is 2.13. The van der Waals surface area contributed by atoms with Crippen LogP contribution in [0.1, 0.15) is 12.8 Å². The van der Waals surface area contributed by atoms with E-state index < -0.39 is 16.8 Å². The molecule has 0 amide bonds. The van der Waals surface area contributed by atoms with Crippen molar-refractivity contribution in [2.75, 3.05) is 0 Å². The average molecular weight is 211 g/mol. The van der Waals surface area contributed by atoms with Crippen molar-refractivity contribution in [3.05, 3.63) is 0 Å². The van der Waals surface area contributed by atoms with E-state index in [0.29, 0.717) is 0 Å². The molecule has 0 aromatic rings. The predicted octanol–water partition coefficient (Wildman–Crippen LogP) is 0.699. The summed E-state index contributed by atoms with van der Waals surface area (Å²) in [7, 11) is 0. The van der Waals surface area contributed by atoms with Crippen LogP contribution in [-0.4, -0.2) is 27.0 Å². The third kappa shape index (κ3) is 4.31. The number of carbonyl (C=O) groups is 2. The molecular weight excluding hydrogens is 204 g/mol. The van der Waals surface area contributed by atoms with Crippen molar-refractivity contribution in [3.63, 3.8) is 0 Å². The van der Waals surface area contributed by atoms with Gasteiger partial charge in [-0.25, -0.2) is 0 Å². The lowest BCUT2D eigenvalue weighted by atomic mass is 10.2. The van der Waals surface area contributed by atoms with E-state index in [2.05, 4.69) is 15.9 Å². The number of carboxylic acid groups (broad SMARTS) is 2. The molecule has 1 atom stereocenters. The van der Waals surface area contributed by atoms with Crippen molar-refractivity contribution in [1.29, 1.82) is 0 Å². The van der Waals surface area contributed by atoms with E-state index in [-0.39, 0.29) is 12.8 Å². The quantitative estimate of drug-likeness (QED) is 0.671. The highest BCUT2D eigenvalue weighted by atomic mass is 79.9. The number of halogens is 1. The lowest BCUT2D eigenvalue weighted by Gasteiger charge is -1.99. The van der Waals surface area contributed by atoms with Gasteiger partial charge in [0.25, 0.3) is 0 Å². The zero-order chi connectivity index (χ0) is 8.15. The van der Waals surface area contributed by atoms with Gasteiger partial charge in [0.1, 0.15) is 4.83 Å². The van der Waals surface area contributed by atoms with Crippen LogP contribution in [0.2, 0.25) is 0 Å². The lowest BCUT2D eigenvalue weighted by Crippen LogP contribution is -2.13. The fraction of sp³-hybridized carbons (Fsp3) is 0.600. The minimum atomic E-state index is -1.03. The number of rotatable bonds is 4. The molecule has 0 fully saturated rings. The van der Waals surface area contributed by atoms with E-state index >= 15 is 0 Å². The summed E-state index contributed by atoms with van der Waals surface area (Å²) >= 11 is 2.81. The van der Waals surface area contributed by atoms with Crippen molar-refractivity contribution in [2.24, 2.45) is 0 Å². The van der Waals surface area contributed by atoms with Gasteiger partial charge >= 0.3 is 11.9 Å². The Bertz CT molecular complexity index is 145. The van der Waals surface area contributed by atoms with Crippen molar-refractivity contribution in [3.8, 4) is 0 Å². The number of hydrogen-bond acceptors (Lipinski definition) is 2. The minimum absolute atomic E-state index is 0.116. The normalized spacial score (nSPS) is 12.5. The molecule has 0 aliphatic rings. The smallest absolute Gasteiger partial charge is 0.317 e. The first-order valence-electron chi connectivity index (χ1n) is 2.62. The molecule has 2 N–H and O–H groups in total. The van der Waals surface area contributed by atoms with Crippen molar-refractivity contribution < 1.29 is 19.8 Å². The van der Waals surface area contributed by atoms with Gasteiger partial charge in [0.2, 0.25) is 0 Å².